The summed E-state index contributed by atoms with van der Waals surface area (Å²) in [6.45, 7) is 6.09. The van der Waals surface area contributed by atoms with Crippen LogP contribution in [0.5, 0.6) is 0 Å². The topological polar surface area (TPSA) is 37.3 Å². The molecular formula is C9H16O2. The van der Waals surface area contributed by atoms with Crippen LogP contribution in [0.25, 0.3) is 0 Å². The average molecular weight is 156 g/mol. The average Bonchev–Trinajstić information content (AvgIpc) is 1.81. The summed E-state index contributed by atoms with van der Waals surface area (Å²) in [4.78, 5) is 11.2. The number of hydrogen-bond acceptors (Lipinski definition) is 2. The molecule has 11 heavy (non-hydrogen) atoms. The van der Waals surface area contributed by atoms with E-state index in [1.54, 1.807) is 0 Å². The molecule has 1 fully saturated rings. The van der Waals surface area contributed by atoms with Gasteiger partial charge in [-0.25, -0.2) is 0 Å². The van der Waals surface area contributed by atoms with Crippen LogP contribution in [0.4, 0.5) is 0 Å². The highest BCUT2D eigenvalue weighted by Gasteiger charge is 2.36. The lowest BCUT2D eigenvalue weighted by Gasteiger charge is -2.35. The Kier molecular flexibility index (Phi) is 2.06. The highest BCUT2D eigenvalue weighted by atomic mass is 16.3. The number of aliphatic hydroxyl groups excluding tert-OH is 1. The third-order valence-corrected chi connectivity index (χ3v) is 2.40. The molecule has 1 saturated carbocycles. The Balaban J connectivity index is 2.70. The zero-order chi connectivity index (χ0) is 8.65. The fraction of sp³-hybridized carbons (Fsp3) is 0.889. The highest BCUT2D eigenvalue weighted by Crippen LogP contribution is 2.36. The monoisotopic (exact) mass is 156 g/mol. The van der Waals surface area contributed by atoms with Gasteiger partial charge in [0.05, 0.1) is 0 Å². The van der Waals surface area contributed by atoms with Gasteiger partial charge >= 0.3 is 0 Å². The normalized spacial score (nSPS) is 37.3. The Labute approximate surface area is 67.6 Å². The summed E-state index contributed by atoms with van der Waals surface area (Å²) in [5, 5.41) is 9.33. The van der Waals surface area contributed by atoms with Gasteiger partial charge in [-0.3, -0.25) is 4.79 Å². The molecule has 0 aliphatic heterocycles. The molecule has 2 heteroatoms. The van der Waals surface area contributed by atoms with Crippen LogP contribution in [-0.2, 0) is 4.79 Å². The Morgan fingerprint density at radius 3 is 2.55 bits per heavy atom. The van der Waals surface area contributed by atoms with E-state index >= 15 is 0 Å². The number of hydrogen-bond donors (Lipinski definition) is 1. The van der Waals surface area contributed by atoms with E-state index in [1.165, 1.54) is 0 Å². The first kappa shape index (κ1) is 8.72. The third kappa shape index (κ3) is 1.80. The number of carbonyl (C=O) groups excluding carboxylic acids is 1. The Bertz CT molecular complexity index is 172. The van der Waals surface area contributed by atoms with E-state index in [9.17, 15) is 9.90 Å². The molecule has 0 aromatic carbocycles. The van der Waals surface area contributed by atoms with Gasteiger partial charge in [0.15, 0.2) is 5.78 Å². The molecule has 0 aromatic rings. The second-order valence-corrected chi connectivity index (χ2v) is 4.43. The molecule has 64 valence electrons. The van der Waals surface area contributed by atoms with Gasteiger partial charge in [0.2, 0.25) is 0 Å². The highest BCUT2D eigenvalue weighted by molar-refractivity contribution is 5.84. The van der Waals surface area contributed by atoms with Crippen LogP contribution in [0.15, 0.2) is 0 Å². The summed E-state index contributed by atoms with van der Waals surface area (Å²) in [6, 6.07) is 0. The molecule has 0 aromatic heterocycles. The molecule has 1 unspecified atom stereocenters. The van der Waals surface area contributed by atoms with Gasteiger partial charge in [0.1, 0.15) is 6.10 Å². The predicted octanol–water partition coefficient (Wildman–Crippen LogP) is 1.37. The van der Waals surface area contributed by atoms with Crippen LogP contribution in [-0.4, -0.2) is 17.0 Å². The van der Waals surface area contributed by atoms with Crippen molar-refractivity contribution < 1.29 is 9.90 Å². The molecule has 2 nitrogen and oxygen atoms in total. The van der Waals surface area contributed by atoms with Crippen molar-refractivity contribution in [2.45, 2.75) is 39.7 Å². The lowest BCUT2D eigenvalue weighted by molar-refractivity contribution is -0.136. The molecule has 1 aliphatic rings. The number of rotatable bonds is 0. The van der Waals surface area contributed by atoms with Gasteiger partial charge in [-0.2, -0.15) is 0 Å². The van der Waals surface area contributed by atoms with Gasteiger partial charge in [-0.05, 0) is 17.8 Å². The van der Waals surface area contributed by atoms with Crippen LogP contribution in [0.3, 0.4) is 0 Å². The van der Waals surface area contributed by atoms with Crippen molar-refractivity contribution in [2.24, 2.45) is 11.3 Å². The Morgan fingerprint density at radius 2 is 2.09 bits per heavy atom. The molecule has 0 heterocycles. The van der Waals surface area contributed by atoms with E-state index < -0.39 is 6.10 Å². The van der Waals surface area contributed by atoms with Crippen molar-refractivity contribution in [3.63, 3.8) is 0 Å². The summed E-state index contributed by atoms with van der Waals surface area (Å²) < 4.78 is 0. The molecule has 2 atom stereocenters. The summed E-state index contributed by atoms with van der Waals surface area (Å²) in [5.74, 6) is 0.139. The van der Waals surface area contributed by atoms with Crippen LogP contribution in [0, 0.1) is 11.3 Å². The van der Waals surface area contributed by atoms with E-state index in [0.29, 0.717) is 6.42 Å². The molecule has 0 radical (unpaired) electrons. The largest absolute Gasteiger partial charge is 0.385 e. The van der Waals surface area contributed by atoms with Gasteiger partial charge < -0.3 is 5.11 Å². The van der Waals surface area contributed by atoms with E-state index in [2.05, 4.69) is 13.8 Å². The molecule has 0 amide bonds. The molecule has 0 saturated heterocycles. The summed E-state index contributed by atoms with van der Waals surface area (Å²) in [6.07, 6.45) is 0.765. The van der Waals surface area contributed by atoms with Crippen LogP contribution < -0.4 is 0 Å². The summed E-state index contributed by atoms with van der Waals surface area (Å²) in [7, 11) is 0. The first-order valence-electron chi connectivity index (χ1n) is 4.13. The maximum atomic E-state index is 11.2. The second-order valence-electron chi connectivity index (χ2n) is 4.43. The fourth-order valence-corrected chi connectivity index (χ4v) is 1.95. The first-order valence-corrected chi connectivity index (χ1v) is 4.13. The van der Waals surface area contributed by atoms with Gasteiger partial charge in [0.25, 0.3) is 0 Å². The number of ketones is 1. The summed E-state index contributed by atoms with van der Waals surface area (Å²) in [5.41, 5.74) is 0.0930. The zero-order valence-corrected chi connectivity index (χ0v) is 7.42. The van der Waals surface area contributed by atoms with Crippen molar-refractivity contribution in [3.8, 4) is 0 Å². The lowest BCUT2D eigenvalue weighted by atomic mass is 9.71. The minimum Gasteiger partial charge on any atom is -0.385 e. The summed E-state index contributed by atoms with van der Waals surface area (Å²) >= 11 is 0. The standard InChI is InChI=1S/C9H16O2/c1-6-4-9(2,3)5-7(10)8(6)11/h6,8,11H,4-5H2,1-3H3/t6?,8-/m1/s1. The maximum Gasteiger partial charge on any atom is 0.162 e. The van der Waals surface area contributed by atoms with Crippen molar-refractivity contribution in [2.75, 3.05) is 0 Å². The van der Waals surface area contributed by atoms with Crippen LogP contribution in [0.2, 0.25) is 0 Å². The predicted molar refractivity (Wildman–Crippen MR) is 43.2 cm³/mol. The van der Waals surface area contributed by atoms with Gasteiger partial charge in [-0.15, -0.1) is 0 Å². The number of Topliss-reactive ketones (excluding diaryl/α,β-unsaturated/α-hetero) is 1. The fourth-order valence-electron chi connectivity index (χ4n) is 1.95. The number of aliphatic hydroxyl groups is 1. The van der Waals surface area contributed by atoms with E-state index in [1.807, 2.05) is 6.92 Å². The van der Waals surface area contributed by atoms with E-state index in [0.717, 1.165) is 6.42 Å². The maximum absolute atomic E-state index is 11.2. The van der Waals surface area contributed by atoms with Gasteiger partial charge in [0, 0.05) is 6.42 Å². The first-order chi connectivity index (χ1) is 4.92. The van der Waals surface area contributed by atoms with Gasteiger partial charge in [-0.1, -0.05) is 20.8 Å². The third-order valence-electron chi connectivity index (χ3n) is 2.40. The molecule has 0 bridgehead atoms. The van der Waals surface area contributed by atoms with Crippen molar-refractivity contribution >= 4 is 5.78 Å². The van der Waals surface area contributed by atoms with Crippen molar-refractivity contribution in [3.05, 3.63) is 0 Å². The molecule has 1 aliphatic carbocycles. The van der Waals surface area contributed by atoms with Crippen molar-refractivity contribution in [1.82, 2.24) is 0 Å². The molecule has 1 N–H and O–H groups in total. The SMILES string of the molecule is CC1CC(C)(C)CC(=O)[C@@H]1O. The van der Waals surface area contributed by atoms with Crippen LogP contribution >= 0.6 is 0 Å². The molecular weight excluding hydrogens is 140 g/mol. The lowest BCUT2D eigenvalue weighted by Crippen LogP contribution is -2.39. The van der Waals surface area contributed by atoms with Crippen molar-refractivity contribution in [1.29, 1.82) is 0 Å². The zero-order valence-electron chi connectivity index (χ0n) is 7.42. The second kappa shape index (κ2) is 2.59. The number of carbonyl (C=O) groups is 1. The molecule has 1 rings (SSSR count). The Hall–Kier alpha value is -0.370. The minimum atomic E-state index is -0.706. The minimum absolute atomic E-state index is 0.00810. The Morgan fingerprint density at radius 1 is 1.55 bits per heavy atom. The quantitative estimate of drug-likeness (QED) is 0.575. The molecule has 0 spiro atoms. The van der Waals surface area contributed by atoms with E-state index in [-0.39, 0.29) is 17.1 Å². The van der Waals surface area contributed by atoms with Crippen LogP contribution in [0.1, 0.15) is 33.6 Å². The van der Waals surface area contributed by atoms with E-state index in [4.69, 9.17) is 0 Å². The smallest absolute Gasteiger partial charge is 0.162 e.